The van der Waals surface area contributed by atoms with E-state index < -0.39 is 5.38 Å². The van der Waals surface area contributed by atoms with E-state index in [1.54, 1.807) is 18.5 Å². The van der Waals surface area contributed by atoms with Gasteiger partial charge in [-0.25, -0.2) is 9.97 Å². The summed E-state index contributed by atoms with van der Waals surface area (Å²) in [6.07, 6.45) is 3.18. The highest BCUT2D eigenvalue weighted by molar-refractivity contribution is 6.20. The molecular formula is C6H7ClN2O. The van der Waals surface area contributed by atoms with Gasteiger partial charge in [0.1, 0.15) is 11.2 Å². The first kappa shape index (κ1) is 7.44. The average Bonchev–Trinajstić information content (AvgIpc) is 2.05. The van der Waals surface area contributed by atoms with Crippen LogP contribution in [0.3, 0.4) is 0 Å². The molecule has 0 amide bonds. The first-order valence-electron chi connectivity index (χ1n) is 2.86. The lowest BCUT2D eigenvalue weighted by molar-refractivity contribution is 0.291. The van der Waals surface area contributed by atoms with Crippen LogP contribution in [-0.4, -0.2) is 21.7 Å². The number of aliphatic hydroxyl groups is 1. The van der Waals surface area contributed by atoms with Crippen LogP contribution in [0.4, 0.5) is 0 Å². The summed E-state index contributed by atoms with van der Waals surface area (Å²) in [4.78, 5) is 7.69. The Labute approximate surface area is 63.7 Å². The van der Waals surface area contributed by atoms with Gasteiger partial charge in [0.2, 0.25) is 0 Å². The predicted octanol–water partition coefficient (Wildman–Crippen LogP) is 0.749. The van der Waals surface area contributed by atoms with Crippen molar-refractivity contribution in [1.29, 1.82) is 0 Å². The molecule has 0 radical (unpaired) electrons. The molecule has 0 aliphatic carbocycles. The standard InChI is InChI=1S/C6H7ClN2O/c7-5(4-10)6-8-2-1-3-9-6/h1-3,5,10H,4H2. The van der Waals surface area contributed by atoms with Crippen LogP contribution in [0.5, 0.6) is 0 Å². The summed E-state index contributed by atoms with van der Waals surface area (Å²) < 4.78 is 0. The molecule has 0 spiro atoms. The van der Waals surface area contributed by atoms with Crippen molar-refractivity contribution >= 4 is 11.6 Å². The van der Waals surface area contributed by atoms with Crippen molar-refractivity contribution in [2.45, 2.75) is 5.38 Å². The second kappa shape index (κ2) is 3.49. The molecule has 0 aromatic carbocycles. The third-order valence-corrected chi connectivity index (χ3v) is 1.36. The highest BCUT2D eigenvalue weighted by atomic mass is 35.5. The summed E-state index contributed by atoms with van der Waals surface area (Å²) in [7, 11) is 0. The van der Waals surface area contributed by atoms with Crippen LogP contribution in [0.2, 0.25) is 0 Å². The Kier molecular flexibility index (Phi) is 2.59. The van der Waals surface area contributed by atoms with E-state index in [0.717, 1.165) is 0 Å². The van der Waals surface area contributed by atoms with Gasteiger partial charge in [-0.3, -0.25) is 0 Å². The molecule has 1 rings (SSSR count). The van der Waals surface area contributed by atoms with Crippen molar-refractivity contribution in [1.82, 2.24) is 9.97 Å². The third kappa shape index (κ3) is 1.65. The zero-order chi connectivity index (χ0) is 7.40. The van der Waals surface area contributed by atoms with Crippen molar-refractivity contribution in [2.75, 3.05) is 6.61 Å². The lowest BCUT2D eigenvalue weighted by Gasteiger charge is -2.00. The van der Waals surface area contributed by atoms with E-state index in [2.05, 4.69) is 9.97 Å². The van der Waals surface area contributed by atoms with E-state index in [0.29, 0.717) is 5.82 Å². The van der Waals surface area contributed by atoms with Crippen LogP contribution in [0.25, 0.3) is 0 Å². The van der Waals surface area contributed by atoms with E-state index in [1.807, 2.05) is 0 Å². The average molecular weight is 159 g/mol. The van der Waals surface area contributed by atoms with E-state index in [1.165, 1.54) is 0 Å². The van der Waals surface area contributed by atoms with Crippen LogP contribution in [-0.2, 0) is 0 Å². The maximum atomic E-state index is 8.58. The molecule has 10 heavy (non-hydrogen) atoms. The van der Waals surface area contributed by atoms with Crippen LogP contribution in [0.1, 0.15) is 11.2 Å². The van der Waals surface area contributed by atoms with Gasteiger partial charge in [-0.15, -0.1) is 11.6 Å². The number of hydrogen-bond acceptors (Lipinski definition) is 3. The third-order valence-electron chi connectivity index (χ3n) is 1.03. The molecule has 1 heterocycles. The fourth-order valence-corrected chi connectivity index (χ4v) is 0.667. The van der Waals surface area contributed by atoms with Crippen molar-refractivity contribution in [3.8, 4) is 0 Å². The zero-order valence-corrected chi connectivity index (χ0v) is 5.99. The zero-order valence-electron chi connectivity index (χ0n) is 5.24. The number of rotatable bonds is 2. The molecule has 1 aromatic rings. The fourth-order valence-electron chi connectivity index (χ4n) is 0.554. The van der Waals surface area contributed by atoms with E-state index in [4.69, 9.17) is 16.7 Å². The maximum absolute atomic E-state index is 8.58. The first-order chi connectivity index (χ1) is 4.84. The first-order valence-corrected chi connectivity index (χ1v) is 3.30. The molecule has 1 atom stereocenters. The number of nitrogens with zero attached hydrogens (tertiary/aromatic N) is 2. The van der Waals surface area contributed by atoms with Gasteiger partial charge in [-0.1, -0.05) is 0 Å². The Balaban J connectivity index is 2.75. The van der Waals surface area contributed by atoms with Gasteiger partial charge in [0, 0.05) is 12.4 Å². The number of alkyl halides is 1. The van der Waals surface area contributed by atoms with Gasteiger partial charge in [-0.2, -0.15) is 0 Å². The van der Waals surface area contributed by atoms with Gasteiger partial charge in [-0.05, 0) is 6.07 Å². The van der Waals surface area contributed by atoms with Crippen LogP contribution in [0, 0.1) is 0 Å². The molecule has 0 bridgehead atoms. The summed E-state index contributed by atoms with van der Waals surface area (Å²) in [5, 5.41) is 8.09. The Hall–Kier alpha value is -0.670. The summed E-state index contributed by atoms with van der Waals surface area (Å²) in [6.45, 7) is -0.133. The topological polar surface area (TPSA) is 46.0 Å². The fraction of sp³-hybridized carbons (Fsp3) is 0.333. The summed E-state index contributed by atoms with van der Waals surface area (Å²) in [5.74, 6) is 0.465. The molecular weight excluding hydrogens is 152 g/mol. The largest absolute Gasteiger partial charge is 0.394 e. The lowest BCUT2D eigenvalue weighted by Crippen LogP contribution is -2.00. The molecule has 4 heteroatoms. The highest BCUT2D eigenvalue weighted by Crippen LogP contribution is 2.12. The smallest absolute Gasteiger partial charge is 0.148 e. The number of aromatic nitrogens is 2. The second-order valence-electron chi connectivity index (χ2n) is 1.76. The molecule has 54 valence electrons. The van der Waals surface area contributed by atoms with Crippen molar-refractivity contribution in [3.63, 3.8) is 0 Å². The normalized spacial score (nSPS) is 13.0. The monoisotopic (exact) mass is 158 g/mol. The van der Waals surface area contributed by atoms with Gasteiger partial charge >= 0.3 is 0 Å². The second-order valence-corrected chi connectivity index (χ2v) is 2.28. The Morgan fingerprint density at radius 1 is 1.50 bits per heavy atom. The summed E-state index contributed by atoms with van der Waals surface area (Å²) in [6, 6.07) is 1.70. The minimum absolute atomic E-state index is 0.133. The summed E-state index contributed by atoms with van der Waals surface area (Å²) >= 11 is 5.62. The molecule has 0 saturated carbocycles. The Morgan fingerprint density at radius 3 is 2.60 bits per heavy atom. The highest BCUT2D eigenvalue weighted by Gasteiger charge is 2.06. The molecule has 1 aromatic heterocycles. The number of hydrogen-bond donors (Lipinski definition) is 1. The lowest BCUT2D eigenvalue weighted by atomic mass is 10.4. The Bertz CT molecular complexity index is 192. The summed E-state index contributed by atoms with van der Waals surface area (Å²) in [5.41, 5.74) is 0. The number of aliphatic hydroxyl groups excluding tert-OH is 1. The minimum Gasteiger partial charge on any atom is -0.394 e. The van der Waals surface area contributed by atoms with E-state index in [9.17, 15) is 0 Å². The molecule has 0 aliphatic heterocycles. The maximum Gasteiger partial charge on any atom is 0.148 e. The molecule has 0 aliphatic rings. The predicted molar refractivity (Wildman–Crippen MR) is 37.7 cm³/mol. The number of halogens is 1. The molecule has 3 nitrogen and oxygen atoms in total. The van der Waals surface area contributed by atoms with Crippen LogP contribution >= 0.6 is 11.6 Å². The van der Waals surface area contributed by atoms with Gasteiger partial charge in [0.05, 0.1) is 6.61 Å². The SMILES string of the molecule is OCC(Cl)c1ncccn1. The molecule has 0 fully saturated rings. The molecule has 1 unspecified atom stereocenters. The van der Waals surface area contributed by atoms with Gasteiger partial charge in [0.25, 0.3) is 0 Å². The minimum atomic E-state index is -0.485. The van der Waals surface area contributed by atoms with E-state index in [-0.39, 0.29) is 6.61 Å². The van der Waals surface area contributed by atoms with Crippen LogP contribution < -0.4 is 0 Å². The van der Waals surface area contributed by atoms with Crippen molar-refractivity contribution in [2.24, 2.45) is 0 Å². The molecule has 0 saturated heterocycles. The van der Waals surface area contributed by atoms with Crippen molar-refractivity contribution in [3.05, 3.63) is 24.3 Å². The Morgan fingerprint density at radius 2 is 2.10 bits per heavy atom. The van der Waals surface area contributed by atoms with Gasteiger partial charge < -0.3 is 5.11 Å². The quantitative estimate of drug-likeness (QED) is 0.646. The van der Waals surface area contributed by atoms with Gasteiger partial charge in [0.15, 0.2) is 0 Å². The van der Waals surface area contributed by atoms with Crippen LogP contribution in [0.15, 0.2) is 18.5 Å². The molecule has 1 N–H and O–H groups in total. The van der Waals surface area contributed by atoms with Crippen molar-refractivity contribution < 1.29 is 5.11 Å². The van der Waals surface area contributed by atoms with E-state index >= 15 is 0 Å².